The molecule has 0 bridgehead atoms. The molecule has 108 valence electrons. The fourth-order valence-corrected chi connectivity index (χ4v) is 3.27. The van der Waals surface area contributed by atoms with Crippen LogP contribution in [0, 0.1) is 20.2 Å². The molecule has 6 nitrogen and oxygen atoms in total. The number of nitrogens with zero attached hydrogens (tertiary/aromatic N) is 2. The summed E-state index contributed by atoms with van der Waals surface area (Å²) in [6.07, 6.45) is 0. The molecule has 0 saturated heterocycles. The Kier molecular flexibility index (Phi) is 4.92. The molecule has 0 aliphatic carbocycles. The molecular formula is C13H9BrN2O4S. The second-order valence-corrected chi connectivity index (χ2v) is 5.89. The van der Waals surface area contributed by atoms with Crippen LogP contribution < -0.4 is 0 Å². The van der Waals surface area contributed by atoms with Gasteiger partial charge in [0.05, 0.1) is 14.3 Å². The number of benzene rings is 2. The van der Waals surface area contributed by atoms with Crippen LogP contribution in [0.2, 0.25) is 0 Å². The van der Waals surface area contributed by atoms with Crippen LogP contribution >= 0.6 is 27.7 Å². The number of halogens is 1. The molecule has 2 aromatic carbocycles. The van der Waals surface area contributed by atoms with Crippen molar-refractivity contribution in [1.29, 1.82) is 0 Å². The van der Waals surface area contributed by atoms with Crippen LogP contribution in [0.5, 0.6) is 0 Å². The fraction of sp³-hybridized carbons (Fsp3) is 0.0769. The van der Waals surface area contributed by atoms with Crippen LogP contribution in [0.25, 0.3) is 0 Å². The molecule has 0 saturated carbocycles. The predicted molar refractivity (Wildman–Crippen MR) is 83.5 cm³/mol. The third kappa shape index (κ3) is 3.79. The maximum Gasteiger partial charge on any atom is 0.283 e. The van der Waals surface area contributed by atoms with E-state index in [1.807, 2.05) is 0 Å². The first kappa shape index (κ1) is 15.5. The Morgan fingerprint density at radius 3 is 2.24 bits per heavy atom. The van der Waals surface area contributed by atoms with Crippen molar-refractivity contribution in [3.63, 3.8) is 0 Å². The van der Waals surface area contributed by atoms with Crippen molar-refractivity contribution in [2.45, 2.75) is 10.6 Å². The zero-order valence-electron chi connectivity index (χ0n) is 10.6. The molecule has 0 radical (unpaired) electrons. The maximum absolute atomic E-state index is 10.9. The highest BCUT2D eigenvalue weighted by molar-refractivity contribution is 9.10. The van der Waals surface area contributed by atoms with Gasteiger partial charge in [-0.2, -0.15) is 0 Å². The Labute approximate surface area is 132 Å². The number of nitro groups is 2. The summed E-state index contributed by atoms with van der Waals surface area (Å²) in [5.74, 6) is 0.528. The van der Waals surface area contributed by atoms with Crippen molar-refractivity contribution in [1.82, 2.24) is 0 Å². The molecule has 0 aliphatic heterocycles. The fourth-order valence-electron chi connectivity index (χ4n) is 1.64. The van der Waals surface area contributed by atoms with Gasteiger partial charge in [-0.25, -0.2) is 0 Å². The third-order valence-electron chi connectivity index (χ3n) is 2.70. The van der Waals surface area contributed by atoms with Gasteiger partial charge in [-0.05, 0) is 33.6 Å². The van der Waals surface area contributed by atoms with Gasteiger partial charge >= 0.3 is 0 Å². The quantitative estimate of drug-likeness (QED) is 0.438. The van der Waals surface area contributed by atoms with Gasteiger partial charge in [0.25, 0.3) is 11.4 Å². The minimum atomic E-state index is -0.453. The third-order valence-corrected chi connectivity index (χ3v) is 4.67. The minimum Gasteiger partial charge on any atom is -0.258 e. The lowest BCUT2D eigenvalue weighted by atomic mass is 10.2. The summed E-state index contributed by atoms with van der Waals surface area (Å²) >= 11 is 4.70. The van der Waals surface area contributed by atoms with E-state index in [4.69, 9.17) is 0 Å². The first-order chi connectivity index (χ1) is 9.99. The molecule has 0 atom stereocenters. The maximum atomic E-state index is 10.9. The zero-order valence-corrected chi connectivity index (χ0v) is 13.0. The van der Waals surface area contributed by atoms with Crippen molar-refractivity contribution < 1.29 is 9.85 Å². The lowest BCUT2D eigenvalue weighted by molar-refractivity contribution is -0.385. The molecule has 0 fully saturated rings. The summed E-state index contributed by atoms with van der Waals surface area (Å²) < 4.78 is 0.462. The first-order valence-electron chi connectivity index (χ1n) is 5.78. The number of hydrogen-bond donors (Lipinski definition) is 0. The average Bonchev–Trinajstić information content (AvgIpc) is 2.46. The highest BCUT2D eigenvalue weighted by Crippen LogP contribution is 2.33. The Hall–Kier alpha value is -1.93. The van der Waals surface area contributed by atoms with Crippen molar-refractivity contribution in [3.8, 4) is 0 Å². The monoisotopic (exact) mass is 368 g/mol. The topological polar surface area (TPSA) is 86.3 Å². The smallest absolute Gasteiger partial charge is 0.258 e. The molecule has 2 aromatic rings. The van der Waals surface area contributed by atoms with Gasteiger partial charge in [0.1, 0.15) is 0 Å². The molecule has 0 amide bonds. The van der Waals surface area contributed by atoms with Crippen LogP contribution in [0.1, 0.15) is 5.56 Å². The van der Waals surface area contributed by atoms with Crippen LogP contribution in [-0.4, -0.2) is 9.85 Å². The van der Waals surface area contributed by atoms with Crippen LogP contribution in [-0.2, 0) is 5.75 Å². The lowest BCUT2D eigenvalue weighted by Gasteiger charge is -2.05. The summed E-state index contributed by atoms with van der Waals surface area (Å²) in [5, 5.41) is 21.4. The van der Waals surface area contributed by atoms with Crippen LogP contribution in [0.3, 0.4) is 0 Å². The number of hydrogen-bond acceptors (Lipinski definition) is 5. The number of non-ortho nitro benzene ring substituents is 1. The minimum absolute atomic E-state index is 0.0248. The molecule has 0 spiro atoms. The van der Waals surface area contributed by atoms with E-state index in [0.717, 1.165) is 10.5 Å². The van der Waals surface area contributed by atoms with Gasteiger partial charge in [0.15, 0.2) is 0 Å². The normalized spacial score (nSPS) is 10.3. The average molecular weight is 369 g/mol. The van der Waals surface area contributed by atoms with Gasteiger partial charge in [-0.3, -0.25) is 20.2 Å². The number of rotatable bonds is 5. The van der Waals surface area contributed by atoms with Gasteiger partial charge in [0.2, 0.25) is 0 Å². The zero-order chi connectivity index (χ0) is 15.4. The van der Waals surface area contributed by atoms with Crippen LogP contribution in [0.15, 0.2) is 51.8 Å². The van der Waals surface area contributed by atoms with Crippen molar-refractivity contribution in [3.05, 3.63) is 72.7 Å². The Balaban J connectivity index is 2.11. The van der Waals surface area contributed by atoms with Crippen molar-refractivity contribution in [2.24, 2.45) is 0 Å². The Morgan fingerprint density at radius 1 is 1.00 bits per heavy atom. The van der Waals surface area contributed by atoms with E-state index in [0.29, 0.717) is 10.2 Å². The van der Waals surface area contributed by atoms with E-state index < -0.39 is 9.85 Å². The standard InChI is InChI=1S/C13H9BrN2O4S/c14-13-9(2-1-3-12(13)16(19)20)8-21-11-6-4-10(5-7-11)15(17)18/h1-7H,8H2. The highest BCUT2D eigenvalue weighted by atomic mass is 79.9. The number of thioether (sulfide) groups is 1. The summed E-state index contributed by atoms with van der Waals surface area (Å²) in [4.78, 5) is 21.4. The molecule has 21 heavy (non-hydrogen) atoms. The first-order valence-corrected chi connectivity index (χ1v) is 7.56. The van der Waals surface area contributed by atoms with E-state index in [1.54, 1.807) is 24.3 Å². The Bertz CT molecular complexity index is 691. The van der Waals surface area contributed by atoms with Gasteiger partial charge in [-0.1, -0.05) is 12.1 Å². The van der Waals surface area contributed by atoms with Gasteiger partial charge in [0, 0.05) is 28.8 Å². The molecule has 0 heterocycles. The second kappa shape index (κ2) is 6.68. The molecule has 0 aromatic heterocycles. The molecule has 8 heteroatoms. The molecule has 2 rings (SSSR count). The molecular weight excluding hydrogens is 360 g/mol. The van der Waals surface area contributed by atoms with Gasteiger partial charge < -0.3 is 0 Å². The molecule has 0 aliphatic rings. The van der Waals surface area contributed by atoms with E-state index in [9.17, 15) is 20.2 Å². The SMILES string of the molecule is O=[N+]([O-])c1ccc(SCc2cccc([N+](=O)[O-])c2Br)cc1. The molecule has 0 unspecified atom stereocenters. The van der Waals surface area contributed by atoms with Gasteiger partial charge in [-0.15, -0.1) is 11.8 Å². The van der Waals surface area contributed by atoms with E-state index in [-0.39, 0.29) is 11.4 Å². The lowest BCUT2D eigenvalue weighted by Crippen LogP contribution is -1.92. The highest BCUT2D eigenvalue weighted by Gasteiger charge is 2.14. The summed E-state index contributed by atoms with van der Waals surface area (Å²) in [6, 6.07) is 11.1. The van der Waals surface area contributed by atoms with Crippen molar-refractivity contribution >= 4 is 39.1 Å². The largest absolute Gasteiger partial charge is 0.283 e. The Morgan fingerprint density at radius 2 is 1.67 bits per heavy atom. The number of nitro benzene ring substituents is 2. The predicted octanol–water partition coefficient (Wildman–Crippen LogP) is 4.56. The summed E-state index contributed by atoms with van der Waals surface area (Å²) in [5.41, 5.74) is 0.861. The van der Waals surface area contributed by atoms with Crippen LogP contribution in [0.4, 0.5) is 11.4 Å². The van der Waals surface area contributed by atoms with E-state index >= 15 is 0 Å². The van der Waals surface area contributed by atoms with E-state index in [2.05, 4.69) is 15.9 Å². The van der Waals surface area contributed by atoms with E-state index in [1.165, 1.54) is 30.0 Å². The summed E-state index contributed by atoms with van der Waals surface area (Å²) in [7, 11) is 0. The summed E-state index contributed by atoms with van der Waals surface area (Å²) in [6.45, 7) is 0. The van der Waals surface area contributed by atoms with Crippen molar-refractivity contribution in [2.75, 3.05) is 0 Å². The second-order valence-electron chi connectivity index (χ2n) is 4.05. The molecule has 0 N–H and O–H groups in total.